The molecule has 88 valence electrons. The van der Waals surface area contributed by atoms with E-state index in [0.29, 0.717) is 11.9 Å². The maximum absolute atomic E-state index is 5.62. The van der Waals surface area contributed by atoms with E-state index in [-0.39, 0.29) is 0 Å². The minimum atomic E-state index is 0.600. The van der Waals surface area contributed by atoms with E-state index in [4.69, 9.17) is 5.73 Å². The second kappa shape index (κ2) is 5.19. The van der Waals surface area contributed by atoms with Crippen LogP contribution in [0.15, 0.2) is 18.3 Å². The van der Waals surface area contributed by atoms with E-state index in [0.717, 1.165) is 6.54 Å². The van der Waals surface area contributed by atoms with Crippen molar-refractivity contribution in [2.45, 2.75) is 45.1 Å². The minimum absolute atomic E-state index is 0.600. The quantitative estimate of drug-likeness (QED) is 0.850. The fourth-order valence-corrected chi connectivity index (χ4v) is 2.61. The van der Waals surface area contributed by atoms with Crippen LogP contribution in [0.4, 0.5) is 11.5 Å². The van der Waals surface area contributed by atoms with Gasteiger partial charge in [-0.3, -0.25) is 0 Å². The molecule has 1 fully saturated rings. The van der Waals surface area contributed by atoms with Crippen molar-refractivity contribution >= 4 is 11.5 Å². The zero-order valence-corrected chi connectivity index (χ0v) is 10.0. The number of anilines is 2. The van der Waals surface area contributed by atoms with Crippen LogP contribution in [0.1, 0.15) is 39.0 Å². The summed E-state index contributed by atoms with van der Waals surface area (Å²) in [4.78, 5) is 6.64. The van der Waals surface area contributed by atoms with Gasteiger partial charge in [0.25, 0.3) is 0 Å². The van der Waals surface area contributed by atoms with Crippen LogP contribution in [0, 0.1) is 0 Å². The molecule has 16 heavy (non-hydrogen) atoms. The van der Waals surface area contributed by atoms with E-state index in [2.05, 4.69) is 22.9 Å². The first-order valence-electron chi connectivity index (χ1n) is 6.29. The molecular weight excluding hydrogens is 198 g/mol. The van der Waals surface area contributed by atoms with Crippen molar-refractivity contribution in [3.63, 3.8) is 0 Å². The Morgan fingerprint density at radius 2 is 2.06 bits per heavy atom. The molecule has 1 saturated carbocycles. The average Bonchev–Trinajstić information content (AvgIpc) is 2.34. The third-order valence-corrected chi connectivity index (χ3v) is 3.46. The molecule has 0 spiro atoms. The molecule has 0 saturated heterocycles. The van der Waals surface area contributed by atoms with Gasteiger partial charge in [-0.1, -0.05) is 19.3 Å². The predicted molar refractivity (Wildman–Crippen MR) is 68.5 cm³/mol. The van der Waals surface area contributed by atoms with Crippen molar-refractivity contribution in [1.29, 1.82) is 0 Å². The average molecular weight is 219 g/mol. The standard InChI is InChI=1S/C13H21N3/c1-2-16(11-6-4-3-5-7-11)12-8-9-13(14)15-10-12/h8-11H,2-7H2,1H3,(H2,14,15). The van der Waals surface area contributed by atoms with Gasteiger partial charge in [0, 0.05) is 12.6 Å². The molecule has 0 amide bonds. The molecule has 0 aromatic carbocycles. The van der Waals surface area contributed by atoms with Crippen LogP contribution in [-0.2, 0) is 0 Å². The molecule has 1 aromatic rings. The lowest BCUT2D eigenvalue weighted by atomic mass is 9.94. The third kappa shape index (κ3) is 2.46. The highest BCUT2D eigenvalue weighted by atomic mass is 15.2. The second-order valence-electron chi connectivity index (χ2n) is 4.52. The van der Waals surface area contributed by atoms with Crippen molar-refractivity contribution < 1.29 is 0 Å². The largest absolute Gasteiger partial charge is 0.384 e. The first-order chi connectivity index (χ1) is 7.81. The Morgan fingerprint density at radius 3 is 2.62 bits per heavy atom. The van der Waals surface area contributed by atoms with Gasteiger partial charge in [0.15, 0.2) is 0 Å². The normalized spacial score (nSPS) is 17.3. The summed E-state index contributed by atoms with van der Waals surface area (Å²) in [6, 6.07) is 4.67. The zero-order valence-electron chi connectivity index (χ0n) is 10.0. The molecule has 0 bridgehead atoms. The van der Waals surface area contributed by atoms with Gasteiger partial charge in [0.1, 0.15) is 5.82 Å². The van der Waals surface area contributed by atoms with Gasteiger partial charge < -0.3 is 10.6 Å². The van der Waals surface area contributed by atoms with Crippen LogP contribution in [0.5, 0.6) is 0 Å². The van der Waals surface area contributed by atoms with Crippen LogP contribution in [0.2, 0.25) is 0 Å². The maximum atomic E-state index is 5.62. The van der Waals surface area contributed by atoms with Gasteiger partial charge >= 0.3 is 0 Å². The van der Waals surface area contributed by atoms with Crippen LogP contribution < -0.4 is 10.6 Å². The smallest absolute Gasteiger partial charge is 0.123 e. The Labute approximate surface area is 97.7 Å². The van der Waals surface area contributed by atoms with Gasteiger partial charge in [0.2, 0.25) is 0 Å². The molecule has 1 aliphatic rings. The molecule has 0 unspecified atom stereocenters. The molecule has 1 aliphatic carbocycles. The summed E-state index contributed by atoms with van der Waals surface area (Å²) in [7, 11) is 0. The third-order valence-electron chi connectivity index (χ3n) is 3.46. The van der Waals surface area contributed by atoms with Crippen LogP contribution in [0.25, 0.3) is 0 Å². The molecule has 2 rings (SSSR count). The molecule has 0 atom stereocenters. The van der Waals surface area contributed by atoms with E-state index >= 15 is 0 Å². The monoisotopic (exact) mass is 219 g/mol. The highest BCUT2D eigenvalue weighted by molar-refractivity contribution is 5.48. The van der Waals surface area contributed by atoms with Gasteiger partial charge in [-0.25, -0.2) is 4.98 Å². The predicted octanol–water partition coefficient (Wildman–Crippen LogP) is 2.82. The Kier molecular flexibility index (Phi) is 3.65. The number of aromatic nitrogens is 1. The van der Waals surface area contributed by atoms with E-state index in [9.17, 15) is 0 Å². The minimum Gasteiger partial charge on any atom is -0.384 e. The summed E-state index contributed by atoms with van der Waals surface area (Å²) in [6.07, 6.45) is 8.66. The van der Waals surface area contributed by atoms with Crippen molar-refractivity contribution in [1.82, 2.24) is 4.98 Å². The Balaban J connectivity index is 2.11. The summed E-state index contributed by atoms with van der Waals surface area (Å²) in [5, 5.41) is 0. The van der Waals surface area contributed by atoms with E-state index in [1.165, 1.54) is 37.8 Å². The van der Waals surface area contributed by atoms with Crippen molar-refractivity contribution in [2.24, 2.45) is 0 Å². The molecule has 1 aromatic heterocycles. The van der Waals surface area contributed by atoms with Gasteiger partial charge in [0.05, 0.1) is 11.9 Å². The molecule has 3 nitrogen and oxygen atoms in total. The van der Waals surface area contributed by atoms with Gasteiger partial charge in [-0.05, 0) is 31.9 Å². The SMILES string of the molecule is CCN(c1ccc(N)nc1)C1CCCCC1. The first-order valence-corrected chi connectivity index (χ1v) is 6.29. The lowest BCUT2D eigenvalue weighted by Crippen LogP contribution is -2.36. The van der Waals surface area contributed by atoms with Crippen molar-refractivity contribution in [2.75, 3.05) is 17.2 Å². The number of nitrogens with two attached hydrogens (primary N) is 1. The lowest BCUT2D eigenvalue weighted by molar-refractivity contribution is 0.418. The molecule has 0 aliphatic heterocycles. The topological polar surface area (TPSA) is 42.1 Å². The summed E-state index contributed by atoms with van der Waals surface area (Å²) < 4.78 is 0. The summed E-state index contributed by atoms with van der Waals surface area (Å²) >= 11 is 0. The lowest BCUT2D eigenvalue weighted by Gasteiger charge is -2.35. The number of nitrogen functional groups attached to an aromatic ring is 1. The molecular formula is C13H21N3. The van der Waals surface area contributed by atoms with Crippen LogP contribution >= 0.6 is 0 Å². The van der Waals surface area contributed by atoms with Crippen molar-refractivity contribution in [3.05, 3.63) is 18.3 Å². The zero-order chi connectivity index (χ0) is 11.4. The number of hydrogen-bond acceptors (Lipinski definition) is 3. The van der Waals surface area contributed by atoms with E-state index in [1.807, 2.05) is 12.3 Å². The number of hydrogen-bond donors (Lipinski definition) is 1. The summed E-state index contributed by atoms with van der Waals surface area (Å²) in [5.74, 6) is 0.600. The molecule has 3 heteroatoms. The fourth-order valence-electron chi connectivity index (χ4n) is 2.61. The van der Waals surface area contributed by atoms with E-state index in [1.54, 1.807) is 0 Å². The number of pyridine rings is 1. The highest BCUT2D eigenvalue weighted by Gasteiger charge is 2.20. The molecule has 2 N–H and O–H groups in total. The Bertz CT molecular complexity index is 314. The maximum Gasteiger partial charge on any atom is 0.123 e. The fraction of sp³-hybridized carbons (Fsp3) is 0.615. The number of rotatable bonds is 3. The summed E-state index contributed by atoms with van der Waals surface area (Å²) in [6.45, 7) is 3.27. The molecule has 1 heterocycles. The van der Waals surface area contributed by atoms with E-state index < -0.39 is 0 Å². The second-order valence-corrected chi connectivity index (χ2v) is 4.52. The Morgan fingerprint density at radius 1 is 1.31 bits per heavy atom. The van der Waals surface area contributed by atoms with Crippen molar-refractivity contribution in [3.8, 4) is 0 Å². The molecule has 0 radical (unpaired) electrons. The van der Waals surface area contributed by atoms with Crippen LogP contribution in [0.3, 0.4) is 0 Å². The van der Waals surface area contributed by atoms with Gasteiger partial charge in [-0.2, -0.15) is 0 Å². The number of nitrogens with zero attached hydrogens (tertiary/aromatic N) is 2. The van der Waals surface area contributed by atoms with Crippen LogP contribution in [-0.4, -0.2) is 17.6 Å². The Hall–Kier alpha value is -1.25. The van der Waals surface area contributed by atoms with Gasteiger partial charge in [-0.15, -0.1) is 0 Å². The highest BCUT2D eigenvalue weighted by Crippen LogP contribution is 2.26. The first kappa shape index (κ1) is 11.2. The summed E-state index contributed by atoms with van der Waals surface area (Å²) in [5.41, 5.74) is 6.83.